The standard InChI is InChI=1S/C15H30N2O2/c1-4-9-16-13(14(18)19)12-17-10-7-15(5-2,6-3)8-11-17/h13,16H,4-12H2,1-3H3,(H,18,19). The summed E-state index contributed by atoms with van der Waals surface area (Å²) in [7, 11) is 0. The second kappa shape index (κ2) is 7.85. The summed E-state index contributed by atoms with van der Waals surface area (Å²) >= 11 is 0. The molecule has 2 N–H and O–H groups in total. The molecule has 1 rings (SSSR count). The summed E-state index contributed by atoms with van der Waals surface area (Å²) in [6, 6.07) is -0.421. The molecular weight excluding hydrogens is 240 g/mol. The Hall–Kier alpha value is -0.610. The minimum Gasteiger partial charge on any atom is -0.480 e. The molecule has 0 saturated carbocycles. The quantitative estimate of drug-likeness (QED) is 0.711. The number of carboxylic acid groups (broad SMARTS) is 1. The molecule has 0 aromatic heterocycles. The molecular formula is C15H30N2O2. The zero-order valence-corrected chi connectivity index (χ0v) is 12.7. The van der Waals surface area contributed by atoms with Gasteiger partial charge in [-0.3, -0.25) is 4.79 Å². The molecule has 1 heterocycles. The molecule has 0 amide bonds. The molecule has 19 heavy (non-hydrogen) atoms. The van der Waals surface area contributed by atoms with Crippen molar-refractivity contribution in [2.24, 2.45) is 5.41 Å². The number of aliphatic carboxylic acids is 1. The van der Waals surface area contributed by atoms with Crippen molar-refractivity contribution in [1.29, 1.82) is 0 Å². The summed E-state index contributed by atoms with van der Waals surface area (Å²) in [5, 5.41) is 12.4. The molecule has 1 saturated heterocycles. The van der Waals surface area contributed by atoms with E-state index in [1.165, 1.54) is 25.7 Å². The van der Waals surface area contributed by atoms with Gasteiger partial charge in [-0.1, -0.05) is 33.6 Å². The van der Waals surface area contributed by atoms with Gasteiger partial charge in [-0.2, -0.15) is 0 Å². The van der Waals surface area contributed by atoms with Crippen LogP contribution < -0.4 is 5.32 Å². The van der Waals surface area contributed by atoms with E-state index in [-0.39, 0.29) is 0 Å². The van der Waals surface area contributed by atoms with Crippen LogP contribution in [0.1, 0.15) is 52.9 Å². The van der Waals surface area contributed by atoms with Gasteiger partial charge in [0.05, 0.1) is 0 Å². The minimum absolute atomic E-state index is 0.421. The van der Waals surface area contributed by atoms with Crippen LogP contribution in [0.15, 0.2) is 0 Å². The Labute approximate surface area is 117 Å². The number of nitrogens with one attached hydrogen (secondary N) is 1. The SMILES string of the molecule is CCCNC(CN1CCC(CC)(CC)CC1)C(=O)O. The number of hydrogen-bond donors (Lipinski definition) is 2. The number of carbonyl (C=O) groups is 1. The second-order valence-electron chi connectivity index (χ2n) is 5.85. The highest BCUT2D eigenvalue weighted by Crippen LogP contribution is 2.37. The molecule has 0 bridgehead atoms. The third-order valence-corrected chi connectivity index (χ3v) is 4.80. The maximum atomic E-state index is 11.2. The summed E-state index contributed by atoms with van der Waals surface area (Å²) in [6.45, 7) is 10.1. The monoisotopic (exact) mass is 270 g/mol. The lowest BCUT2D eigenvalue weighted by atomic mass is 9.74. The molecule has 4 nitrogen and oxygen atoms in total. The Bertz CT molecular complexity index is 267. The first kappa shape index (κ1) is 16.4. The number of hydrogen-bond acceptors (Lipinski definition) is 3. The lowest BCUT2D eigenvalue weighted by molar-refractivity contribution is -0.140. The molecule has 112 valence electrons. The first-order valence-electron chi connectivity index (χ1n) is 7.75. The normalized spacial score (nSPS) is 21.2. The van der Waals surface area contributed by atoms with Gasteiger partial charge in [0.15, 0.2) is 0 Å². The molecule has 0 radical (unpaired) electrons. The number of likely N-dealkylation sites (tertiary alicyclic amines) is 1. The summed E-state index contributed by atoms with van der Waals surface area (Å²) in [5.41, 5.74) is 0.506. The molecule has 1 fully saturated rings. The van der Waals surface area contributed by atoms with Crippen LogP contribution in [-0.2, 0) is 4.79 Å². The Morgan fingerprint density at radius 1 is 1.26 bits per heavy atom. The first-order chi connectivity index (χ1) is 9.06. The topological polar surface area (TPSA) is 52.6 Å². The maximum absolute atomic E-state index is 11.2. The molecule has 0 aromatic rings. The van der Waals surface area contributed by atoms with Crippen LogP contribution >= 0.6 is 0 Å². The maximum Gasteiger partial charge on any atom is 0.322 e. The van der Waals surface area contributed by atoms with Crippen LogP contribution in [0.5, 0.6) is 0 Å². The highest BCUT2D eigenvalue weighted by Gasteiger charge is 2.32. The molecule has 0 aromatic carbocycles. The van der Waals surface area contributed by atoms with E-state index in [9.17, 15) is 9.90 Å². The van der Waals surface area contributed by atoms with E-state index < -0.39 is 12.0 Å². The second-order valence-corrected chi connectivity index (χ2v) is 5.85. The average molecular weight is 270 g/mol. The van der Waals surface area contributed by atoms with E-state index in [0.717, 1.165) is 26.1 Å². The van der Waals surface area contributed by atoms with Crippen LogP contribution in [-0.4, -0.2) is 48.2 Å². The van der Waals surface area contributed by atoms with Crippen LogP contribution in [0.25, 0.3) is 0 Å². The highest BCUT2D eigenvalue weighted by atomic mass is 16.4. The fraction of sp³-hybridized carbons (Fsp3) is 0.933. The summed E-state index contributed by atoms with van der Waals surface area (Å²) in [5.74, 6) is -0.726. The average Bonchev–Trinajstić information content (AvgIpc) is 2.44. The van der Waals surface area contributed by atoms with Crippen molar-refractivity contribution in [3.63, 3.8) is 0 Å². The fourth-order valence-corrected chi connectivity index (χ4v) is 2.97. The summed E-state index contributed by atoms with van der Waals surface area (Å²) < 4.78 is 0. The molecule has 1 unspecified atom stereocenters. The Kier molecular flexibility index (Phi) is 6.80. The number of nitrogens with zero attached hydrogens (tertiary/aromatic N) is 1. The van der Waals surface area contributed by atoms with Crippen molar-refractivity contribution in [1.82, 2.24) is 10.2 Å². The van der Waals surface area contributed by atoms with Crippen molar-refractivity contribution < 1.29 is 9.90 Å². The van der Waals surface area contributed by atoms with Gasteiger partial charge in [0, 0.05) is 6.54 Å². The minimum atomic E-state index is -0.726. The molecule has 1 aliphatic heterocycles. The molecule has 4 heteroatoms. The molecule has 0 aliphatic carbocycles. The van der Waals surface area contributed by atoms with E-state index >= 15 is 0 Å². The highest BCUT2D eigenvalue weighted by molar-refractivity contribution is 5.73. The third kappa shape index (κ3) is 4.77. The predicted molar refractivity (Wildman–Crippen MR) is 78.4 cm³/mol. The van der Waals surface area contributed by atoms with Gasteiger partial charge in [0.25, 0.3) is 0 Å². The number of piperidine rings is 1. The van der Waals surface area contributed by atoms with Gasteiger partial charge < -0.3 is 15.3 Å². The van der Waals surface area contributed by atoms with Crippen LogP contribution in [0.4, 0.5) is 0 Å². The van der Waals surface area contributed by atoms with Gasteiger partial charge >= 0.3 is 5.97 Å². The summed E-state index contributed by atoms with van der Waals surface area (Å²) in [6.07, 6.45) is 5.88. The van der Waals surface area contributed by atoms with E-state index in [0.29, 0.717) is 12.0 Å². The van der Waals surface area contributed by atoms with Gasteiger partial charge in [-0.15, -0.1) is 0 Å². The van der Waals surface area contributed by atoms with Crippen molar-refractivity contribution in [3.8, 4) is 0 Å². The number of rotatable bonds is 8. The molecule has 0 spiro atoms. The van der Waals surface area contributed by atoms with E-state index in [1.54, 1.807) is 0 Å². The van der Waals surface area contributed by atoms with E-state index in [2.05, 4.69) is 31.0 Å². The van der Waals surface area contributed by atoms with Crippen molar-refractivity contribution >= 4 is 5.97 Å². The van der Waals surface area contributed by atoms with Gasteiger partial charge in [0.2, 0.25) is 0 Å². The molecule has 1 atom stereocenters. The van der Waals surface area contributed by atoms with E-state index in [1.807, 2.05) is 0 Å². The van der Waals surface area contributed by atoms with Gasteiger partial charge in [-0.05, 0) is 44.3 Å². The zero-order valence-electron chi connectivity index (χ0n) is 12.7. The van der Waals surface area contributed by atoms with Crippen LogP contribution in [0, 0.1) is 5.41 Å². The smallest absolute Gasteiger partial charge is 0.322 e. The fourth-order valence-electron chi connectivity index (χ4n) is 2.97. The zero-order chi connectivity index (χ0) is 14.3. The Morgan fingerprint density at radius 2 is 1.84 bits per heavy atom. The van der Waals surface area contributed by atoms with Crippen molar-refractivity contribution in [3.05, 3.63) is 0 Å². The summed E-state index contributed by atoms with van der Waals surface area (Å²) in [4.78, 5) is 13.5. The van der Waals surface area contributed by atoms with Crippen molar-refractivity contribution in [2.45, 2.75) is 58.9 Å². The van der Waals surface area contributed by atoms with E-state index in [4.69, 9.17) is 0 Å². The molecule has 1 aliphatic rings. The third-order valence-electron chi connectivity index (χ3n) is 4.80. The first-order valence-corrected chi connectivity index (χ1v) is 7.75. The van der Waals surface area contributed by atoms with Crippen LogP contribution in [0.2, 0.25) is 0 Å². The lowest BCUT2D eigenvalue weighted by Gasteiger charge is -2.41. The largest absolute Gasteiger partial charge is 0.480 e. The van der Waals surface area contributed by atoms with Gasteiger partial charge in [0.1, 0.15) is 6.04 Å². The van der Waals surface area contributed by atoms with Crippen molar-refractivity contribution in [2.75, 3.05) is 26.2 Å². The van der Waals surface area contributed by atoms with Gasteiger partial charge in [-0.25, -0.2) is 0 Å². The predicted octanol–water partition coefficient (Wildman–Crippen LogP) is 2.34. The Balaban J connectivity index is 2.44. The lowest BCUT2D eigenvalue weighted by Crippen LogP contribution is -2.49. The van der Waals surface area contributed by atoms with Crippen LogP contribution in [0.3, 0.4) is 0 Å². The number of carboxylic acids is 1. The Morgan fingerprint density at radius 3 is 2.26 bits per heavy atom.